The quantitative estimate of drug-likeness (QED) is 0.839. The molecular formula is C21H26N2O4. The predicted molar refractivity (Wildman–Crippen MR) is 102 cm³/mol. The molecule has 27 heavy (non-hydrogen) atoms. The molecule has 144 valence electrons. The van der Waals surface area contributed by atoms with E-state index in [1.807, 2.05) is 34.9 Å². The number of aliphatic hydroxyl groups excluding tert-OH is 1. The Morgan fingerprint density at radius 3 is 2.67 bits per heavy atom. The molecule has 1 aromatic carbocycles. The summed E-state index contributed by atoms with van der Waals surface area (Å²) in [5.41, 5.74) is 1.23. The fourth-order valence-electron chi connectivity index (χ4n) is 4.36. The Hall–Kier alpha value is -2.31. The summed E-state index contributed by atoms with van der Waals surface area (Å²) in [5, 5.41) is 10.4. The summed E-state index contributed by atoms with van der Waals surface area (Å²) in [7, 11) is 1.63. The monoisotopic (exact) mass is 370 g/mol. The van der Waals surface area contributed by atoms with Crippen molar-refractivity contribution in [3.8, 4) is 11.5 Å². The van der Waals surface area contributed by atoms with E-state index in [9.17, 15) is 9.90 Å². The molecule has 2 bridgehead atoms. The topological polar surface area (TPSA) is 63.9 Å². The van der Waals surface area contributed by atoms with Crippen LogP contribution in [0.5, 0.6) is 11.5 Å². The van der Waals surface area contributed by atoms with Gasteiger partial charge in [0, 0.05) is 43.9 Å². The predicted octanol–water partition coefficient (Wildman–Crippen LogP) is 1.72. The fraction of sp³-hybridized carbons (Fsp3) is 0.476. The summed E-state index contributed by atoms with van der Waals surface area (Å²) < 4.78 is 12.8. The first kappa shape index (κ1) is 18.1. The highest BCUT2D eigenvalue weighted by molar-refractivity contribution is 5.31. The molecule has 0 amide bonds. The number of hydrogen-bond acceptors (Lipinski definition) is 5. The van der Waals surface area contributed by atoms with Crippen LogP contribution in [-0.4, -0.2) is 54.0 Å². The molecule has 4 rings (SSSR count). The van der Waals surface area contributed by atoms with E-state index in [1.54, 1.807) is 13.2 Å². The Bertz CT molecular complexity index is 833. The van der Waals surface area contributed by atoms with Crippen LogP contribution in [0.2, 0.25) is 0 Å². The number of fused-ring (bicyclic) bond motifs is 4. The van der Waals surface area contributed by atoms with Crippen molar-refractivity contribution in [3.63, 3.8) is 0 Å². The normalized spacial score (nSPS) is 22.7. The first-order valence-corrected chi connectivity index (χ1v) is 9.49. The molecule has 0 radical (unpaired) electrons. The molecular weight excluding hydrogens is 344 g/mol. The van der Waals surface area contributed by atoms with E-state index >= 15 is 0 Å². The molecule has 3 heterocycles. The maximum Gasteiger partial charge on any atom is 0.250 e. The van der Waals surface area contributed by atoms with Gasteiger partial charge in [0.1, 0.15) is 24.2 Å². The van der Waals surface area contributed by atoms with E-state index in [4.69, 9.17) is 9.47 Å². The maximum atomic E-state index is 12.1. The van der Waals surface area contributed by atoms with Crippen molar-refractivity contribution in [1.29, 1.82) is 0 Å². The fourth-order valence-corrected chi connectivity index (χ4v) is 4.36. The van der Waals surface area contributed by atoms with Crippen LogP contribution in [0, 0.1) is 5.92 Å². The molecule has 0 saturated carbocycles. The molecule has 2 aliphatic rings. The SMILES string of the molecule is COc1ccc(OC[C@@H](O)CN2C[C@H]3C[C@H](C2)c2cccc(=O)n2C3)cc1. The Morgan fingerprint density at radius 2 is 1.89 bits per heavy atom. The lowest BCUT2D eigenvalue weighted by molar-refractivity contribution is 0.0384. The molecule has 0 spiro atoms. The summed E-state index contributed by atoms with van der Waals surface area (Å²) in [6.45, 7) is 3.41. The van der Waals surface area contributed by atoms with Crippen molar-refractivity contribution in [3.05, 3.63) is 58.5 Å². The van der Waals surface area contributed by atoms with Crippen molar-refractivity contribution >= 4 is 0 Å². The number of benzene rings is 1. The van der Waals surface area contributed by atoms with E-state index in [0.29, 0.717) is 18.4 Å². The van der Waals surface area contributed by atoms with Gasteiger partial charge in [-0.15, -0.1) is 0 Å². The molecule has 2 aliphatic heterocycles. The molecule has 0 aliphatic carbocycles. The molecule has 2 aromatic rings. The second-order valence-corrected chi connectivity index (χ2v) is 7.56. The minimum absolute atomic E-state index is 0.101. The van der Waals surface area contributed by atoms with Crippen LogP contribution in [0.3, 0.4) is 0 Å². The third-order valence-corrected chi connectivity index (χ3v) is 5.53. The molecule has 1 fully saturated rings. The van der Waals surface area contributed by atoms with Crippen LogP contribution in [0.4, 0.5) is 0 Å². The number of rotatable bonds is 6. The number of pyridine rings is 1. The number of β-amino-alcohol motifs (C(OH)–C–C–N with tert-alkyl or cyclic N) is 1. The Labute approximate surface area is 158 Å². The average molecular weight is 370 g/mol. The molecule has 6 nitrogen and oxygen atoms in total. The van der Waals surface area contributed by atoms with Gasteiger partial charge in [0.2, 0.25) is 0 Å². The van der Waals surface area contributed by atoms with Crippen LogP contribution in [0.1, 0.15) is 18.0 Å². The summed E-state index contributed by atoms with van der Waals surface area (Å²) in [4.78, 5) is 14.4. The van der Waals surface area contributed by atoms with Crippen molar-refractivity contribution in [2.45, 2.75) is 25.0 Å². The van der Waals surface area contributed by atoms with Gasteiger partial charge in [-0.05, 0) is 42.7 Å². The van der Waals surface area contributed by atoms with E-state index < -0.39 is 6.10 Å². The smallest absolute Gasteiger partial charge is 0.250 e. The molecule has 3 atom stereocenters. The molecule has 1 saturated heterocycles. The van der Waals surface area contributed by atoms with Crippen molar-refractivity contribution < 1.29 is 14.6 Å². The molecule has 1 N–H and O–H groups in total. The lowest BCUT2D eigenvalue weighted by atomic mass is 9.83. The van der Waals surface area contributed by atoms with Crippen LogP contribution in [-0.2, 0) is 6.54 Å². The number of methoxy groups -OCH3 is 1. The summed E-state index contributed by atoms with van der Waals surface area (Å²) in [6, 6.07) is 12.9. The third kappa shape index (κ3) is 4.01. The van der Waals surface area contributed by atoms with Gasteiger partial charge in [0.25, 0.3) is 5.56 Å². The minimum atomic E-state index is -0.552. The van der Waals surface area contributed by atoms with E-state index in [0.717, 1.165) is 43.2 Å². The van der Waals surface area contributed by atoms with Gasteiger partial charge in [-0.25, -0.2) is 0 Å². The molecule has 0 unspecified atom stereocenters. The highest BCUT2D eigenvalue weighted by Crippen LogP contribution is 2.34. The zero-order chi connectivity index (χ0) is 18.8. The van der Waals surface area contributed by atoms with Crippen LogP contribution >= 0.6 is 0 Å². The van der Waals surface area contributed by atoms with E-state index in [2.05, 4.69) is 11.0 Å². The first-order valence-electron chi connectivity index (χ1n) is 9.49. The number of likely N-dealkylation sites (tertiary alicyclic amines) is 1. The number of hydrogen-bond donors (Lipinski definition) is 1. The zero-order valence-corrected chi connectivity index (χ0v) is 15.6. The van der Waals surface area contributed by atoms with Crippen molar-refractivity contribution in [1.82, 2.24) is 9.47 Å². The van der Waals surface area contributed by atoms with E-state index in [-0.39, 0.29) is 12.2 Å². The third-order valence-electron chi connectivity index (χ3n) is 5.53. The number of aromatic nitrogens is 1. The highest BCUT2D eigenvalue weighted by atomic mass is 16.5. The van der Waals surface area contributed by atoms with Gasteiger partial charge in [-0.1, -0.05) is 6.07 Å². The van der Waals surface area contributed by atoms with Gasteiger partial charge < -0.3 is 19.1 Å². The number of aliphatic hydroxyl groups is 1. The first-order chi connectivity index (χ1) is 13.1. The Morgan fingerprint density at radius 1 is 1.11 bits per heavy atom. The van der Waals surface area contributed by atoms with Crippen LogP contribution in [0.15, 0.2) is 47.3 Å². The summed E-state index contributed by atoms with van der Waals surface area (Å²) in [5.74, 6) is 2.33. The van der Waals surface area contributed by atoms with Crippen molar-refractivity contribution in [2.24, 2.45) is 5.92 Å². The summed E-state index contributed by atoms with van der Waals surface area (Å²) in [6.07, 6.45) is 0.571. The van der Waals surface area contributed by atoms with Gasteiger partial charge in [0.15, 0.2) is 0 Å². The number of piperidine rings is 1. The second-order valence-electron chi connectivity index (χ2n) is 7.56. The zero-order valence-electron chi connectivity index (χ0n) is 15.6. The molecule has 6 heteroatoms. The Kier molecular flexibility index (Phi) is 5.18. The number of ether oxygens (including phenoxy) is 2. The summed E-state index contributed by atoms with van der Waals surface area (Å²) >= 11 is 0. The second kappa shape index (κ2) is 7.74. The number of nitrogens with zero attached hydrogens (tertiary/aromatic N) is 2. The molecule has 1 aromatic heterocycles. The highest BCUT2D eigenvalue weighted by Gasteiger charge is 2.34. The van der Waals surface area contributed by atoms with Gasteiger partial charge in [-0.3, -0.25) is 9.69 Å². The lowest BCUT2D eigenvalue weighted by Crippen LogP contribution is -2.49. The minimum Gasteiger partial charge on any atom is -0.497 e. The van der Waals surface area contributed by atoms with Gasteiger partial charge >= 0.3 is 0 Å². The standard InChI is InChI=1S/C21H26N2O4/c1-26-18-5-7-19(8-6-18)27-14-17(24)13-22-10-15-9-16(12-22)20-3-2-4-21(25)23(20)11-15/h2-8,15-17,24H,9-14H2,1H3/t15-,16-,17+/m1/s1. The van der Waals surface area contributed by atoms with Crippen LogP contribution < -0.4 is 15.0 Å². The van der Waals surface area contributed by atoms with Gasteiger partial charge in [0.05, 0.1) is 7.11 Å². The van der Waals surface area contributed by atoms with Gasteiger partial charge in [-0.2, -0.15) is 0 Å². The Balaban J connectivity index is 1.33. The largest absolute Gasteiger partial charge is 0.497 e. The average Bonchev–Trinajstić information content (AvgIpc) is 2.67. The maximum absolute atomic E-state index is 12.1. The lowest BCUT2D eigenvalue weighted by Gasteiger charge is -2.43. The van der Waals surface area contributed by atoms with Crippen LogP contribution in [0.25, 0.3) is 0 Å². The van der Waals surface area contributed by atoms with Crippen molar-refractivity contribution in [2.75, 3.05) is 33.4 Å². The van der Waals surface area contributed by atoms with E-state index in [1.165, 1.54) is 0 Å².